The second kappa shape index (κ2) is 8.23. The number of amides is 1. The Labute approximate surface area is 221 Å². The number of rotatable bonds is 4. The van der Waals surface area contributed by atoms with Crippen LogP contribution in [0.2, 0.25) is 5.02 Å². The molecule has 0 spiro atoms. The Kier molecular flexibility index (Phi) is 5.03. The SMILES string of the molecule is Cc1nc2c3c(n1)N1CC(CC(=O)Nc4ccc(-c5ccccc5Cl)cc4)CC1[SH]3(=O)c1ccccc1-2. The molecule has 4 heterocycles. The molecule has 1 saturated heterocycles. The second-order valence-electron chi connectivity index (χ2n) is 10.0. The van der Waals surface area contributed by atoms with Crippen LogP contribution in [0.25, 0.3) is 22.4 Å². The molecule has 3 aromatic carbocycles. The van der Waals surface area contributed by atoms with Crippen molar-refractivity contribution in [2.45, 2.75) is 34.9 Å². The molecule has 6 nitrogen and oxygen atoms in total. The predicted octanol–water partition coefficient (Wildman–Crippen LogP) is 5.72. The third kappa shape index (κ3) is 3.37. The van der Waals surface area contributed by atoms with E-state index in [-0.39, 0.29) is 17.2 Å². The number of benzene rings is 3. The number of fused-ring (bicyclic) bond motifs is 6. The number of nitrogens with one attached hydrogen (secondary N) is 1. The summed E-state index contributed by atoms with van der Waals surface area (Å²) in [4.78, 5) is 26.3. The normalized spacial score (nSPS) is 20.8. The molecule has 3 aliphatic heterocycles. The van der Waals surface area contributed by atoms with E-state index >= 15 is 0 Å². The summed E-state index contributed by atoms with van der Waals surface area (Å²) in [5.74, 6) is 1.53. The summed E-state index contributed by atoms with van der Waals surface area (Å²) in [7, 11) is -2.89. The van der Waals surface area contributed by atoms with E-state index in [2.05, 4.69) is 15.2 Å². The standard InChI is InChI=1S/C29H25ClN4O2S/c1-17-31-27-22-7-3-5-9-24(22)37(36)26-15-18(16-34(26)29(32-17)28(27)37)14-25(35)33-20-12-10-19(11-13-20)21-6-2-4-8-23(21)30/h2-13,18,26,37H,14-16H2,1H3,(H,33,35). The first-order valence-corrected chi connectivity index (χ1v) is 14.6. The van der Waals surface area contributed by atoms with Gasteiger partial charge in [-0.3, -0.25) is 9.00 Å². The molecule has 1 fully saturated rings. The molecule has 1 N–H and O–H groups in total. The minimum Gasteiger partial charge on any atom is -0.342 e. The molecule has 0 saturated carbocycles. The molecule has 2 atom stereocenters. The summed E-state index contributed by atoms with van der Waals surface area (Å²) in [6.45, 7) is 2.55. The van der Waals surface area contributed by atoms with Crippen molar-refractivity contribution in [1.29, 1.82) is 0 Å². The molecule has 0 radical (unpaired) electrons. The molecule has 1 aromatic heterocycles. The van der Waals surface area contributed by atoms with Crippen LogP contribution < -0.4 is 10.2 Å². The molecule has 3 aliphatic rings. The molecular formula is C29H25ClN4O2S. The van der Waals surface area contributed by atoms with E-state index in [0.29, 0.717) is 30.2 Å². The van der Waals surface area contributed by atoms with Gasteiger partial charge in [0.25, 0.3) is 0 Å². The molecule has 2 unspecified atom stereocenters. The van der Waals surface area contributed by atoms with Crippen molar-refractivity contribution in [2.75, 3.05) is 16.8 Å². The number of aromatic nitrogens is 2. The molecule has 7 rings (SSSR count). The van der Waals surface area contributed by atoms with E-state index in [1.165, 1.54) is 0 Å². The van der Waals surface area contributed by atoms with Gasteiger partial charge in [-0.15, -0.1) is 0 Å². The zero-order chi connectivity index (χ0) is 25.3. The van der Waals surface area contributed by atoms with Crippen molar-refractivity contribution in [2.24, 2.45) is 5.92 Å². The Morgan fingerprint density at radius 1 is 1.03 bits per heavy atom. The first-order chi connectivity index (χ1) is 17.9. The van der Waals surface area contributed by atoms with Crippen molar-refractivity contribution in [3.8, 4) is 22.4 Å². The lowest BCUT2D eigenvalue weighted by molar-refractivity contribution is -0.116. The number of halogens is 1. The van der Waals surface area contributed by atoms with Gasteiger partial charge >= 0.3 is 0 Å². The first kappa shape index (κ1) is 22.6. The van der Waals surface area contributed by atoms with Gasteiger partial charge in [0.1, 0.15) is 11.6 Å². The minimum absolute atomic E-state index is 0.0402. The van der Waals surface area contributed by atoms with Gasteiger partial charge in [0.2, 0.25) is 5.91 Å². The molecule has 1 amide bonds. The molecule has 0 aliphatic carbocycles. The monoisotopic (exact) mass is 528 g/mol. The van der Waals surface area contributed by atoms with Gasteiger partial charge in [-0.25, -0.2) is 9.97 Å². The van der Waals surface area contributed by atoms with Crippen LogP contribution in [0.3, 0.4) is 0 Å². The van der Waals surface area contributed by atoms with Gasteiger partial charge in [-0.1, -0.05) is 60.1 Å². The molecule has 186 valence electrons. The zero-order valence-electron chi connectivity index (χ0n) is 20.2. The maximum absolute atomic E-state index is 14.7. The van der Waals surface area contributed by atoms with Crippen molar-refractivity contribution >= 4 is 38.9 Å². The Morgan fingerprint density at radius 3 is 2.54 bits per heavy atom. The number of carbonyl (C=O) groups is 1. The number of nitrogens with zero attached hydrogens (tertiary/aromatic N) is 3. The van der Waals surface area contributed by atoms with Crippen molar-refractivity contribution in [1.82, 2.24) is 9.97 Å². The third-order valence-electron chi connectivity index (χ3n) is 7.70. The number of hydrogen-bond acceptors (Lipinski definition) is 5. The summed E-state index contributed by atoms with van der Waals surface area (Å²) in [6.07, 6.45) is 1.06. The number of anilines is 2. The van der Waals surface area contributed by atoms with Gasteiger partial charge in [0.05, 0.1) is 16.0 Å². The van der Waals surface area contributed by atoms with E-state index in [1.54, 1.807) is 0 Å². The highest BCUT2D eigenvalue weighted by atomic mass is 35.5. The fourth-order valence-electron chi connectivity index (χ4n) is 6.16. The van der Waals surface area contributed by atoms with Crippen LogP contribution in [-0.2, 0) is 14.7 Å². The van der Waals surface area contributed by atoms with Gasteiger partial charge in [0.15, 0.2) is 0 Å². The molecule has 37 heavy (non-hydrogen) atoms. The van der Waals surface area contributed by atoms with Crippen LogP contribution in [0.15, 0.2) is 82.6 Å². The molecule has 0 bridgehead atoms. The van der Waals surface area contributed by atoms with Crippen LogP contribution >= 0.6 is 11.6 Å². The Morgan fingerprint density at radius 2 is 1.76 bits per heavy atom. The van der Waals surface area contributed by atoms with Crippen molar-refractivity contribution in [3.05, 3.63) is 83.6 Å². The van der Waals surface area contributed by atoms with Gasteiger partial charge in [-0.2, -0.15) is 0 Å². The zero-order valence-corrected chi connectivity index (χ0v) is 21.8. The summed E-state index contributed by atoms with van der Waals surface area (Å²) >= 11 is 6.32. The molecule has 8 heteroatoms. The predicted molar refractivity (Wildman–Crippen MR) is 148 cm³/mol. The number of hydrogen-bond donors (Lipinski definition) is 2. The maximum atomic E-state index is 14.7. The number of aryl methyl sites for hydroxylation is 1. The molecule has 4 aromatic rings. The smallest absolute Gasteiger partial charge is 0.224 e. The fourth-order valence-corrected chi connectivity index (χ4v) is 10.3. The maximum Gasteiger partial charge on any atom is 0.224 e. The summed E-state index contributed by atoms with van der Waals surface area (Å²) in [5, 5.41) is 3.57. The first-order valence-electron chi connectivity index (χ1n) is 12.4. The summed E-state index contributed by atoms with van der Waals surface area (Å²) in [5.41, 5.74) is 4.49. The lowest BCUT2D eigenvalue weighted by atomic mass is 10.0. The Balaban J connectivity index is 1.10. The van der Waals surface area contributed by atoms with Crippen molar-refractivity contribution < 1.29 is 9.00 Å². The Bertz CT molecular complexity index is 1640. The van der Waals surface area contributed by atoms with Crippen molar-refractivity contribution in [3.63, 3.8) is 0 Å². The molecular weight excluding hydrogens is 504 g/mol. The van der Waals surface area contributed by atoms with Crippen LogP contribution in [0.5, 0.6) is 0 Å². The van der Waals surface area contributed by atoms with E-state index < -0.39 is 9.93 Å². The van der Waals surface area contributed by atoms with Crippen LogP contribution in [0, 0.1) is 12.8 Å². The second-order valence-corrected chi connectivity index (χ2v) is 13.3. The fraction of sp³-hybridized carbons (Fsp3) is 0.207. The summed E-state index contributed by atoms with van der Waals surface area (Å²) in [6, 6.07) is 23.3. The Hall–Kier alpha value is -3.55. The lowest BCUT2D eigenvalue weighted by Crippen LogP contribution is -2.33. The van der Waals surface area contributed by atoms with E-state index in [4.69, 9.17) is 16.6 Å². The highest BCUT2D eigenvalue weighted by Crippen LogP contribution is 2.59. The van der Waals surface area contributed by atoms with Gasteiger partial charge in [-0.05, 0) is 59.0 Å². The number of carbonyl (C=O) groups excluding carboxylic acids is 1. The summed E-state index contributed by atoms with van der Waals surface area (Å²) < 4.78 is 14.7. The van der Waals surface area contributed by atoms with E-state index in [0.717, 1.165) is 43.7 Å². The highest BCUT2D eigenvalue weighted by molar-refractivity contribution is 8.04. The highest BCUT2D eigenvalue weighted by Gasteiger charge is 2.55. The number of thiol groups is 1. The topological polar surface area (TPSA) is 75.2 Å². The minimum atomic E-state index is -2.89. The van der Waals surface area contributed by atoms with E-state index in [9.17, 15) is 9.00 Å². The third-order valence-corrected chi connectivity index (χ3v) is 11.5. The average Bonchev–Trinajstić information content (AvgIpc) is 3.49. The van der Waals surface area contributed by atoms with Crippen LogP contribution in [0.4, 0.5) is 11.5 Å². The largest absolute Gasteiger partial charge is 0.342 e. The van der Waals surface area contributed by atoms with Gasteiger partial charge in [0, 0.05) is 39.7 Å². The van der Waals surface area contributed by atoms with Crippen LogP contribution in [0.1, 0.15) is 18.7 Å². The average molecular weight is 529 g/mol. The van der Waals surface area contributed by atoms with Gasteiger partial charge < -0.3 is 10.2 Å². The van der Waals surface area contributed by atoms with Crippen LogP contribution in [-0.4, -0.2) is 32.0 Å². The quantitative estimate of drug-likeness (QED) is 0.332. The van der Waals surface area contributed by atoms with E-state index in [1.807, 2.05) is 79.7 Å². The lowest BCUT2D eigenvalue weighted by Gasteiger charge is -2.25.